The second-order valence-electron chi connectivity index (χ2n) is 4.24. The van der Waals surface area contributed by atoms with Crippen LogP contribution in [0.1, 0.15) is 18.4 Å². The third-order valence-corrected chi connectivity index (χ3v) is 5.35. The van der Waals surface area contributed by atoms with Gasteiger partial charge < -0.3 is 0 Å². The standard InChI is InChI=1S/C17H19IN/c1-3-15(14-10-6-5-7-11-14)16(4-2)19-17-12-8-9-13-18-17/h3-13,15,17,19H,1H2,2H3/q-1/b16-4+/t15-,17?/m0/s1. The molecule has 1 aliphatic rings. The van der Waals surface area contributed by atoms with Crippen molar-refractivity contribution in [2.75, 3.05) is 0 Å². The predicted molar refractivity (Wildman–Crippen MR) is 78.3 cm³/mol. The van der Waals surface area contributed by atoms with Crippen LogP contribution in [0.2, 0.25) is 0 Å². The Bertz CT molecular complexity index is 499. The van der Waals surface area contributed by atoms with Gasteiger partial charge in [-0.1, -0.05) is 0 Å². The number of halogens is 1. The van der Waals surface area contributed by atoms with Crippen LogP contribution in [0.3, 0.4) is 0 Å². The average molecular weight is 364 g/mol. The van der Waals surface area contributed by atoms with Crippen LogP contribution in [0.4, 0.5) is 0 Å². The molecule has 0 bridgehead atoms. The van der Waals surface area contributed by atoms with Gasteiger partial charge in [0.05, 0.1) is 0 Å². The summed E-state index contributed by atoms with van der Waals surface area (Å²) in [5.74, 6) is 0.245. The molecular formula is C17H19IN-. The summed E-state index contributed by atoms with van der Waals surface area (Å²) in [6.07, 6.45) is 10.7. The Morgan fingerprint density at radius 1 is 1.32 bits per heavy atom. The van der Waals surface area contributed by atoms with Crippen molar-refractivity contribution in [2.45, 2.75) is 16.9 Å². The van der Waals surface area contributed by atoms with Gasteiger partial charge in [-0.2, -0.15) is 0 Å². The minimum atomic E-state index is 0.0546. The topological polar surface area (TPSA) is 12.0 Å². The van der Waals surface area contributed by atoms with E-state index in [0.29, 0.717) is 4.05 Å². The Labute approximate surface area is 126 Å². The molecule has 2 heteroatoms. The summed E-state index contributed by atoms with van der Waals surface area (Å²) >= 11 is 0.0546. The molecule has 1 heterocycles. The molecule has 2 atom stereocenters. The van der Waals surface area contributed by atoms with Crippen LogP contribution < -0.4 is 26.5 Å². The molecule has 100 valence electrons. The van der Waals surface area contributed by atoms with Gasteiger partial charge in [0.25, 0.3) is 0 Å². The Kier molecular flexibility index (Phi) is 5.45. The van der Waals surface area contributed by atoms with E-state index < -0.39 is 0 Å². The summed E-state index contributed by atoms with van der Waals surface area (Å²) in [6, 6.07) is 10.5. The van der Waals surface area contributed by atoms with E-state index in [4.69, 9.17) is 0 Å². The number of alkyl halides is 1. The molecule has 0 fully saturated rings. The first-order chi connectivity index (χ1) is 9.35. The molecule has 1 aromatic rings. The van der Waals surface area contributed by atoms with Gasteiger partial charge in [0.2, 0.25) is 0 Å². The van der Waals surface area contributed by atoms with Crippen LogP contribution >= 0.6 is 0 Å². The van der Waals surface area contributed by atoms with E-state index in [1.165, 1.54) is 11.3 Å². The molecule has 0 amide bonds. The molecule has 0 saturated heterocycles. The molecule has 0 radical (unpaired) electrons. The summed E-state index contributed by atoms with van der Waals surface area (Å²) in [6.45, 7) is 6.08. The number of nitrogens with one attached hydrogen (secondary N) is 1. The molecule has 1 nitrogen and oxygen atoms in total. The Morgan fingerprint density at radius 3 is 2.68 bits per heavy atom. The van der Waals surface area contributed by atoms with Gasteiger partial charge in [0.1, 0.15) is 0 Å². The van der Waals surface area contributed by atoms with Crippen molar-refractivity contribution in [3.8, 4) is 0 Å². The van der Waals surface area contributed by atoms with E-state index in [-0.39, 0.29) is 27.1 Å². The predicted octanol–water partition coefficient (Wildman–Crippen LogP) is 0.948. The van der Waals surface area contributed by atoms with Gasteiger partial charge in [0.15, 0.2) is 0 Å². The van der Waals surface area contributed by atoms with Gasteiger partial charge in [-0.3, -0.25) is 0 Å². The third-order valence-electron chi connectivity index (χ3n) is 3.02. The number of hydrogen-bond donors (Lipinski definition) is 1. The van der Waals surface area contributed by atoms with E-state index in [1.54, 1.807) is 0 Å². The van der Waals surface area contributed by atoms with Gasteiger partial charge in [0, 0.05) is 0 Å². The van der Waals surface area contributed by atoms with Gasteiger partial charge in [-0.05, 0) is 0 Å². The van der Waals surface area contributed by atoms with Crippen LogP contribution in [0.25, 0.3) is 0 Å². The number of benzene rings is 1. The first-order valence-electron chi connectivity index (χ1n) is 6.40. The molecular weight excluding hydrogens is 345 g/mol. The van der Waals surface area contributed by atoms with E-state index >= 15 is 0 Å². The van der Waals surface area contributed by atoms with Crippen molar-refractivity contribution in [3.05, 3.63) is 82.6 Å². The average Bonchev–Trinajstić information content (AvgIpc) is 2.49. The van der Waals surface area contributed by atoms with Crippen LogP contribution in [-0.4, -0.2) is 4.05 Å². The summed E-state index contributed by atoms with van der Waals surface area (Å²) in [5, 5.41) is 3.66. The minimum absolute atomic E-state index is 0.0546. The molecule has 0 saturated carbocycles. The molecule has 1 aromatic carbocycles. The van der Waals surface area contributed by atoms with Crippen molar-refractivity contribution in [1.82, 2.24) is 5.32 Å². The number of rotatable bonds is 5. The van der Waals surface area contributed by atoms with E-state index in [1.807, 2.05) is 12.1 Å². The van der Waals surface area contributed by atoms with Crippen molar-refractivity contribution < 1.29 is 21.2 Å². The van der Waals surface area contributed by atoms with Crippen molar-refractivity contribution in [2.24, 2.45) is 0 Å². The Hall–Kier alpha value is -1.29. The molecule has 0 spiro atoms. The SMILES string of the molecule is C=C[C@H](/C(=C\C)NC1C=CC=C[I-]1)c1ccccc1. The zero-order chi connectivity index (χ0) is 13.5. The Morgan fingerprint density at radius 2 is 2.11 bits per heavy atom. The molecule has 0 aromatic heterocycles. The summed E-state index contributed by atoms with van der Waals surface area (Å²) in [7, 11) is 0. The zero-order valence-electron chi connectivity index (χ0n) is 11.1. The third kappa shape index (κ3) is 3.83. The van der Waals surface area contributed by atoms with Crippen LogP contribution in [0, 0.1) is 0 Å². The van der Waals surface area contributed by atoms with Gasteiger partial charge in [-0.25, -0.2) is 0 Å². The first-order valence-corrected chi connectivity index (χ1v) is 8.90. The molecule has 1 N–H and O–H groups in total. The van der Waals surface area contributed by atoms with Gasteiger partial charge in [-0.15, -0.1) is 0 Å². The fourth-order valence-corrected chi connectivity index (χ4v) is 4.01. The van der Waals surface area contributed by atoms with E-state index in [9.17, 15) is 0 Å². The summed E-state index contributed by atoms with van der Waals surface area (Å²) in [4.78, 5) is 0. The number of allylic oxidation sites excluding steroid dienone is 4. The van der Waals surface area contributed by atoms with Crippen molar-refractivity contribution >= 4 is 0 Å². The van der Waals surface area contributed by atoms with Crippen molar-refractivity contribution in [3.63, 3.8) is 0 Å². The molecule has 0 aliphatic carbocycles. The zero-order valence-corrected chi connectivity index (χ0v) is 13.2. The maximum atomic E-state index is 4.00. The van der Waals surface area contributed by atoms with Crippen molar-refractivity contribution in [1.29, 1.82) is 0 Å². The monoisotopic (exact) mass is 364 g/mol. The fourth-order valence-electron chi connectivity index (χ4n) is 2.06. The molecule has 2 rings (SSSR count). The second-order valence-corrected chi connectivity index (χ2v) is 7.02. The normalized spacial score (nSPS) is 20.5. The second kappa shape index (κ2) is 7.34. The van der Waals surface area contributed by atoms with Gasteiger partial charge >= 0.3 is 126 Å². The summed E-state index contributed by atoms with van der Waals surface area (Å²) < 4.78 is 2.79. The molecule has 19 heavy (non-hydrogen) atoms. The van der Waals surface area contributed by atoms with Crippen LogP contribution in [0.15, 0.2) is 77.1 Å². The molecule has 1 unspecified atom stereocenters. The van der Waals surface area contributed by atoms with Crippen LogP contribution in [-0.2, 0) is 0 Å². The maximum absolute atomic E-state index is 4.00. The van der Waals surface area contributed by atoms with E-state index in [0.717, 1.165) is 0 Å². The number of hydrogen-bond acceptors (Lipinski definition) is 1. The summed E-state index contributed by atoms with van der Waals surface area (Å²) in [5.41, 5.74) is 2.53. The fraction of sp³-hybridized carbons (Fsp3) is 0.176. The van der Waals surface area contributed by atoms with Crippen LogP contribution in [0.5, 0.6) is 0 Å². The Balaban J connectivity index is 2.13. The first kappa shape index (κ1) is 14.1. The quantitative estimate of drug-likeness (QED) is 0.355. The van der Waals surface area contributed by atoms with E-state index in [2.05, 4.69) is 71.5 Å². The molecule has 1 aliphatic heterocycles.